The molecule has 2 fully saturated rings. The standard InChI is InChI=1S/C18H27FN2S/c1-15-3-2-10-20(14-15)17-8-11-21(12-9-17)22-18-6-4-16(13-19)5-7-18/h4-7,15,17H,2-3,8-14H2,1H3. The van der Waals surface area contributed by atoms with E-state index in [0.29, 0.717) is 0 Å². The van der Waals surface area contributed by atoms with Gasteiger partial charge in [-0.25, -0.2) is 8.70 Å². The third kappa shape index (κ3) is 4.24. The number of likely N-dealkylation sites (tertiary alicyclic amines) is 1. The third-order valence-electron chi connectivity index (χ3n) is 4.94. The summed E-state index contributed by atoms with van der Waals surface area (Å²) in [6.45, 7) is 6.92. The van der Waals surface area contributed by atoms with Crippen molar-refractivity contribution in [3.05, 3.63) is 29.8 Å². The van der Waals surface area contributed by atoms with Crippen molar-refractivity contribution >= 4 is 11.9 Å². The van der Waals surface area contributed by atoms with Crippen LogP contribution in [0.15, 0.2) is 29.2 Å². The predicted molar refractivity (Wildman–Crippen MR) is 91.7 cm³/mol. The minimum atomic E-state index is -0.370. The summed E-state index contributed by atoms with van der Waals surface area (Å²) in [5, 5.41) is 0. The van der Waals surface area contributed by atoms with E-state index in [1.165, 1.54) is 43.7 Å². The second-order valence-electron chi connectivity index (χ2n) is 6.77. The van der Waals surface area contributed by atoms with Gasteiger partial charge in [0.25, 0.3) is 0 Å². The van der Waals surface area contributed by atoms with E-state index >= 15 is 0 Å². The summed E-state index contributed by atoms with van der Waals surface area (Å²) in [7, 11) is 0. The maximum absolute atomic E-state index is 12.5. The van der Waals surface area contributed by atoms with Crippen molar-refractivity contribution in [3.63, 3.8) is 0 Å². The van der Waals surface area contributed by atoms with Crippen LogP contribution in [-0.4, -0.2) is 41.4 Å². The first kappa shape index (κ1) is 16.3. The molecule has 1 aromatic carbocycles. The van der Waals surface area contributed by atoms with Crippen molar-refractivity contribution < 1.29 is 4.39 Å². The molecule has 122 valence electrons. The van der Waals surface area contributed by atoms with E-state index in [4.69, 9.17) is 0 Å². The Morgan fingerprint density at radius 3 is 2.45 bits per heavy atom. The summed E-state index contributed by atoms with van der Waals surface area (Å²) in [5.74, 6) is 0.871. The molecule has 0 N–H and O–H groups in total. The van der Waals surface area contributed by atoms with Gasteiger partial charge in [0.15, 0.2) is 0 Å². The molecule has 22 heavy (non-hydrogen) atoms. The molecule has 1 atom stereocenters. The Balaban J connectivity index is 1.46. The van der Waals surface area contributed by atoms with Crippen molar-refractivity contribution in [1.82, 2.24) is 9.21 Å². The van der Waals surface area contributed by atoms with Crippen molar-refractivity contribution in [2.75, 3.05) is 26.2 Å². The smallest absolute Gasteiger partial charge is 0.115 e. The fraction of sp³-hybridized carbons (Fsp3) is 0.667. The zero-order valence-electron chi connectivity index (χ0n) is 13.5. The molecule has 0 saturated carbocycles. The second-order valence-corrected chi connectivity index (χ2v) is 7.94. The number of hydrogen-bond acceptors (Lipinski definition) is 3. The Kier molecular flexibility index (Phi) is 5.77. The van der Waals surface area contributed by atoms with Gasteiger partial charge in [0.05, 0.1) is 0 Å². The van der Waals surface area contributed by atoms with Crippen LogP contribution in [0.5, 0.6) is 0 Å². The molecule has 2 aliphatic rings. The highest BCUT2D eigenvalue weighted by Crippen LogP contribution is 2.29. The average Bonchev–Trinajstić information content (AvgIpc) is 2.56. The molecule has 2 heterocycles. The Morgan fingerprint density at radius 2 is 1.82 bits per heavy atom. The topological polar surface area (TPSA) is 6.48 Å². The fourth-order valence-electron chi connectivity index (χ4n) is 3.64. The van der Waals surface area contributed by atoms with Gasteiger partial charge in [-0.1, -0.05) is 19.1 Å². The molecule has 0 aliphatic carbocycles. The van der Waals surface area contributed by atoms with Gasteiger partial charge < -0.3 is 4.90 Å². The van der Waals surface area contributed by atoms with Gasteiger partial charge in [-0.15, -0.1) is 0 Å². The van der Waals surface area contributed by atoms with Crippen LogP contribution in [-0.2, 0) is 6.67 Å². The summed E-state index contributed by atoms with van der Waals surface area (Å²) in [4.78, 5) is 3.95. The zero-order chi connectivity index (χ0) is 15.4. The summed E-state index contributed by atoms with van der Waals surface area (Å²) in [6.07, 6.45) is 5.34. The van der Waals surface area contributed by atoms with Crippen molar-refractivity contribution in [3.8, 4) is 0 Å². The largest absolute Gasteiger partial charge is 0.300 e. The van der Waals surface area contributed by atoms with Gasteiger partial charge in [-0.3, -0.25) is 0 Å². The molecule has 0 spiro atoms. The summed E-state index contributed by atoms with van der Waals surface area (Å²) in [6, 6.07) is 8.65. The molecule has 2 aliphatic heterocycles. The lowest BCUT2D eigenvalue weighted by molar-refractivity contribution is 0.0963. The molecule has 3 rings (SSSR count). The molecular formula is C18H27FN2S. The van der Waals surface area contributed by atoms with Crippen LogP contribution in [0.4, 0.5) is 4.39 Å². The molecular weight excluding hydrogens is 295 g/mol. The Hall–Kier alpha value is -0.580. The van der Waals surface area contributed by atoms with Crippen molar-refractivity contribution in [2.24, 2.45) is 5.92 Å². The molecule has 1 unspecified atom stereocenters. The van der Waals surface area contributed by atoms with Crippen LogP contribution in [0.1, 0.15) is 38.2 Å². The van der Waals surface area contributed by atoms with Crippen LogP contribution in [0, 0.1) is 5.92 Å². The van der Waals surface area contributed by atoms with Crippen LogP contribution in [0.2, 0.25) is 0 Å². The van der Waals surface area contributed by atoms with E-state index in [1.54, 1.807) is 0 Å². The lowest BCUT2D eigenvalue weighted by Gasteiger charge is -2.41. The number of piperidine rings is 2. The van der Waals surface area contributed by atoms with Crippen LogP contribution in [0.25, 0.3) is 0 Å². The Morgan fingerprint density at radius 1 is 1.09 bits per heavy atom. The monoisotopic (exact) mass is 322 g/mol. The lowest BCUT2D eigenvalue weighted by atomic mass is 9.96. The first-order valence-corrected chi connectivity index (χ1v) is 9.34. The van der Waals surface area contributed by atoms with Crippen molar-refractivity contribution in [2.45, 2.75) is 50.2 Å². The number of alkyl halides is 1. The molecule has 4 heteroatoms. The van der Waals surface area contributed by atoms with E-state index in [2.05, 4.69) is 16.1 Å². The highest BCUT2D eigenvalue weighted by molar-refractivity contribution is 7.97. The third-order valence-corrected chi connectivity index (χ3v) is 6.05. The summed E-state index contributed by atoms with van der Waals surface area (Å²) in [5.41, 5.74) is 0.766. The molecule has 1 aromatic rings. The molecule has 0 radical (unpaired) electrons. The number of rotatable bonds is 4. The highest BCUT2D eigenvalue weighted by atomic mass is 32.2. The van der Waals surface area contributed by atoms with Crippen LogP contribution < -0.4 is 0 Å². The van der Waals surface area contributed by atoms with Crippen LogP contribution in [0.3, 0.4) is 0 Å². The van der Waals surface area contributed by atoms with Crippen molar-refractivity contribution in [1.29, 1.82) is 0 Å². The van der Waals surface area contributed by atoms with Gasteiger partial charge in [-0.2, -0.15) is 0 Å². The van der Waals surface area contributed by atoms with Gasteiger partial charge in [0.1, 0.15) is 6.67 Å². The van der Waals surface area contributed by atoms with Gasteiger partial charge in [0.2, 0.25) is 0 Å². The number of benzene rings is 1. The number of halogens is 1. The maximum atomic E-state index is 12.5. The van der Waals surface area contributed by atoms with Gasteiger partial charge in [-0.05, 0) is 67.8 Å². The minimum absolute atomic E-state index is 0.370. The first-order valence-electron chi connectivity index (χ1n) is 8.56. The second kappa shape index (κ2) is 7.80. The molecule has 2 saturated heterocycles. The minimum Gasteiger partial charge on any atom is -0.300 e. The predicted octanol–water partition coefficient (Wildman–Crippen LogP) is 4.36. The SMILES string of the molecule is CC1CCCN(C2CCN(Sc3ccc(CF)cc3)CC2)C1. The number of hydrogen-bond donors (Lipinski definition) is 0. The van der Waals surface area contributed by atoms with E-state index in [9.17, 15) is 4.39 Å². The number of nitrogens with zero attached hydrogens (tertiary/aromatic N) is 2. The molecule has 0 amide bonds. The highest BCUT2D eigenvalue weighted by Gasteiger charge is 2.27. The first-order chi connectivity index (χ1) is 10.7. The summed E-state index contributed by atoms with van der Waals surface area (Å²) >= 11 is 1.83. The van der Waals surface area contributed by atoms with E-state index in [-0.39, 0.29) is 6.67 Å². The quantitative estimate of drug-likeness (QED) is 0.761. The van der Waals surface area contributed by atoms with Gasteiger partial charge in [0, 0.05) is 30.6 Å². The Bertz CT molecular complexity index is 457. The fourth-order valence-corrected chi connectivity index (χ4v) is 4.59. The average molecular weight is 322 g/mol. The van der Waals surface area contributed by atoms with E-state index < -0.39 is 0 Å². The zero-order valence-corrected chi connectivity index (χ0v) is 14.3. The summed E-state index contributed by atoms with van der Waals surface area (Å²) < 4.78 is 15.0. The lowest BCUT2D eigenvalue weighted by Crippen LogP contribution is -2.46. The molecule has 2 nitrogen and oxygen atoms in total. The van der Waals surface area contributed by atoms with Gasteiger partial charge >= 0.3 is 0 Å². The Labute approximate surface area is 138 Å². The van der Waals surface area contributed by atoms with E-state index in [1.807, 2.05) is 36.2 Å². The molecule has 0 bridgehead atoms. The normalized spacial score (nSPS) is 25.5. The van der Waals surface area contributed by atoms with E-state index in [0.717, 1.165) is 30.6 Å². The maximum Gasteiger partial charge on any atom is 0.115 e. The van der Waals surface area contributed by atoms with Crippen LogP contribution >= 0.6 is 11.9 Å². The molecule has 0 aromatic heterocycles.